The molecule has 4 rings (SSSR count). The largest absolute Gasteiger partial charge is 0.328 e. The van der Waals surface area contributed by atoms with Gasteiger partial charge in [0.2, 0.25) is 5.43 Å². The maximum atomic E-state index is 13.1. The average Bonchev–Trinajstić information content (AvgIpc) is 2.75. The van der Waals surface area contributed by atoms with Gasteiger partial charge in [-0.25, -0.2) is 4.68 Å². The number of carbonyl (C=O) groups excluding carboxylic acids is 1. The number of nitrogens with zero attached hydrogens (tertiary/aromatic N) is 3. The van der Waals surface area contributed by atoms with E-state index in [2.05, 4.69) is 17.2 Å². The quantitative estimate of drug-likeness (QED) is 0.695. The second-order valence-corrected chi connectivity index (χ2v) is 7.97. The third-order valence-electron chi connectivity index (χ3n) is 5.45. The molecule has 0 aliphatic carbocycles. The zero-order valence-electron chi connectivity index (χ0n) is 16.8. The molecule has 0 unspecified atom stereocenters. The molecule has 154 valence electrons. The second kappa shape index (κ2) is 8.81. The van der Waals surface area contributed by atoms with Crippen molar-refractivity contribution in [3.8, 4) is 5.69 Å². The fourth-order valence-corrected chi connectivity index (χ4v) is 4.02. The Kier molecular flexibility index (Phi) is 5.97. The van der Waals surface area contributed by atoms with Crippen LogP contribution in [0.25, 0.3) is 5.69 Å². The maximum absolute atomic E-state index is 13.1. The van der Waals surface area contributed by atoms with Gasteiger partial charge < -0.3 is 9.80 Å². The topological polar surface area (TPSA) is 59.6 Å². The molecule has 2 heterocycles. The normalized spacial score (nSPS) is 14.7. The number of quaternary nitrogens is 1. The standard InChI is InChI=1S/C23H23ClN4O2/c1-17-15-21(29)22(25-28(17)20-10-6-5-9-19(20)24)23(30)27-13-11-26(12-14-27)16-18-7-3-2-4-8-18/h2-10,15H,11-14,16H2,1H3/p+1. The Morgan fingerprint density at radius 1 is 1.07 bits per heavy atom. The molecule has 1 aliphatic rings. The van der Waals surface area contributed by atoms with Crippen LogP contribution in [0.2, 0.25) is 5.02 Å². The summed E-state index contributed by atoms with van der Waals surface area (Å²) in [5.74, 6) is -0.320. The lowest BCUT2D eigenvalue weighted by Crippen LogP contribution is -3.13. The number of rotatable bonds is 4. The van der Waals surface area contributed by atoms with Crippen LogP contribution in [0, 0.1) is 6.92 Å². The Morgan fingerprint density at radius 3 is 2.43 bits per heavy atom. The number of aryl methyl sites for hydroxylation is 1. The number of amides is 1. The maximum Gasteiger partial charge on any atom is 0.278 e. The number of hydrogen-bond donors (Lipinski definition) is 1. The van der Waals surface area contributed by atoms with Crippen LogP contribution in [-0.4, -0.2) is 46.8 Å². The highest BCUT2D eigenvalue weighted by Crippen LogP contribution is 2.19. The van der Waals surface area contributed by atoms with E-state index >= 15 is 0 Å². The molecule has 1 N–H and O–H groups in total. The Morgan fingerprint density at radius 2 is 1.73 bits per heavy atom. The molecule has 0 atom stereocenters. The average molecular weight is 424 g/mol. The van der Waals surface area contributed by atoms with Gasteiger partial charge >= 0.3 is 0 Å². The third kappa shape index (κ3) is 4.30. The predicted molar refractivity (Wildman–Crippen MR) is 116 cm³/mol. The summed E-state index contributed by atoms with van der Waals surface area (Å²) in [7, 11) is 0. The van der Waals surface area contributed by atoms with Crippen molar-refractivity contribution >= 4 is 17.5 Å². The first kappa shape index (κ1) is 20.3. The molecule has 0 radical (unpaired) electrons. The van der Waals surface area contributed by atoms with Gasteiger partial charge in [0, 0.05) is 17.3 Å². The number of nitrogens with one attached hydrogen (secondary N) is 1. The van der Waals surface area contributed by atoms with Crippen LogP contribution in [0.5, 0.6) is 0 Å². The van der Waals surface area contributed by atoms with Crippen LogP contribution >= 0.6 is 11.6 Å². The molecule has 0 spiro atoms. The van der Waals surface area contributed by atoms with Gasteiger partial charge in [-0.1, -0.05) is 54.1 Å². The fraction of sp³-hybridized carbons (Fsp3) is 0.261. The lowest BCUT2D eigenvalue weighted by Gasteiger charge is -2.32. The van der Waals surface area contributed by atoms with Crippen molar-refractivity contribution in [3.63, 3.8) is 0 Å². The van der Waals surface area contributed by atoms with E-state index in [0.717, 1.165) is 19.6 Å². The summed E-state index contributed by atoms with van der Waals surface area (Å²) in [6, 6.07) is 19.0. The van der Waals surface area contributed by atoms with Gasteiger partial charge in [0.05, 0.1) is 36.9 Å². The molecule has 3 aromatic rings. The molecular formula is C23H24ClN4O2+. The number of aromatic nitrogens is 2. The Balaban J connectivity index is 1.51. The van der Waals surface area contributed by atoms with Gasteiger partial charge in [0.1, 0.15) is 6.54 Å². The summed E-state index contributed by atoms with van der Waals surface area (Å²) in [6.07, 6.45) is 0. The van der Waals surface area contributed by atoms with E-state index in [1.807, 2.05) is 36.4 Å². The number of benzene rings is 2. The Bertz CT molecular complexity index is 1110. The monoisotopic (exact) mass is 423 g/mol. The molecule has 0 bridgehead atoms. The molecule has 1 aliphatic heterocycles. The minimum Gasteiger partial charge on any atom is -0.328 e. The first-order chi connectivity index (χ1) is 14.5. The Hall–Kier alpha value is -2.96. The number of piperazine rings is 1. The molecule has 1 saturated heterocycles. The van der Waals surface area contributed by atoms with Crippen LogP contribution < -0.4 is 10.3 Å². The highest BCUT2D eigenvalue weighted by atomic mass is 35.5. The summed E-state index contributed by atoms with van der Waals surface area (Å²) in [6.45, 7) is 5.59. The predicted octanol–water partition coefficient (Wildman–Crippen LogP) is 1.74. The van der Waals surface area contributed by atoms with Gasteiger partial charge in [-0.15, -0.1) is 0 Å². The van der Waals surface area contributed by atoms with E-state index in [1.54, 1.807) is 22.6 Å². The first-order valence-corrected chi connectivity index (χ1v) is 10.4. The van der Waals surface area contributed by atoms with E-state index in [-0.39, 0.29) is 17.0 Å². The van der Waals surface area contributed by atoms with E-state index in [0.29, 0.717) is 29.5 Å². The van der Waals surface area contributed by atoms with E-state index in [1.165, 1.54) is 16.5 Å². The summed E-state index contributed by atoms with van der Waals surface area (Å²) in [5.41, 5.74) is 2.13. The molecule has 30 heavy (non-hydrogen) atoms. The van der Waals surface area contributed by atoms with Gasteiger partial charge in [-0.3, -0.25) is 9.59 Å². The lowest BCUT2D eigenvalue weighted by atomic mass is 10.2. The van der Waals surface area contributed by atoms with E-state index in [4.69, 9.17) is 11.6 Å². The summed E-state index contributed by atoms with van der Waals surface area (Å²) >= 11 is 6.30. The number of carbonyl (C=O) groups is 1. The smallest absolute Gasteiger partial charge is 0.278 e. The van der Waals surface area contributed by atoms with Gasteiger partial charge in [0.15, 0.2) is 5.69 Å². The van der Waals surface area contributed by atoms with Crippen molar-refractivity contribution in [2.24, 2.45) is 0 Å². The zero-order chi connectivity index (χ0) is 21.1. The molecule has 6 nitrogen and oxygen atoms in total. The van der Waals surface area contributed by atoms with E-state index in [9.17, 15) is 9.59 Å². The molecule has 7 heteroatoms. The molecule has 0 saturated carbocycles. The molecular weight excluding hydrogens is 400 g/mol. The second-order valence-electron chi connectivity index (χ2n) is 7.57. The highest BCUT2D eigenvalue weighted by molar-refractivity contribution is 6.32. The summed E-state index contributed by atoms with van der Waals surface area (Å²) in [5, 5.41) is 4.89. The molecule has 1 amide bonds. The van der Waals surface area contributed by atoms with Crippen LogP contribution in [0.4, 0.5) is 0 Å². The minimum atomic E-state index is -0.361. The van der Waals surface area contributed by atoms with Crippen molar-refractivity contribution in [2.45, 2.75) is 13.5 Å². The van der Waals surface area contributed by atoms with Crippen LogP contribution in [-0.2, 0) is 6.54 Å². The molecule has 2 aromatic carbocycles. The first-order valence-electron chi connectivity index (χ1n) is 10.1. The van der Waals surface area contributed by atoms with Crippen LogP contribution in [0.15, 0.2) is 65.5 Å². The zero-order valence-corrected chi connectivity index (χ0v) is 17.6. The van der Waals surface area contributed by atoms with Crippen LogP contribution in [0.3, 0.4) is 0 Å². The van der Waals surface area contributed by atoms with Crippen LogP contribution in [0.1, 0.15) is 21.7 Å². The van der Waals surface area contributed by atoms with Gasteiger partial charge in [0.25, 0.3) is 5.91 Å². The Labute approximate surface area is 180 Å². The highest BCUT2D eigenvalue weighted by Gasteiger charge is 2.27. The molecule has 1 aromatic heterocycles. The number of para-hydroxylation sites is 1. The van der Waals surface area contributed by atoms with Crippen molar-refractivity contribution in [2.75, 3.05) is 26.2 Å². The van der Waals surface area contributed by atoms with Gasteiger partial charge in [-0.05, 0) is 19.1 Å². The minimum absolute atomic E-state index is 0.0629. The van der Waals surface area contributed by atoms with Crippen molar-refractivity contribution < 1.29 is 9.69 Å². The van der Waals surface area contributed by atoms with Crippen molar-refractivity contribution in [1.29, 1.82) is 0 Å². The third-order valence-corrected chi connectivity index (χ3v) is 5.77. The SMILES string of the molecule is Cc1cc(=O)c(C(=O)N2CC[NH+](Cc3ccccc3)CC2)nn1-c1ccccc1Cl. The van der Waals surface area contributed by atoms with E-state index < -0.39 is 0 Å². The van der Waals surface area contributed by atoms with Crippen molar-refractivity contribution in [1.82, 2.24) is 14.7 Å². The molecule has 1 fully saturated rings. The fourth-order valence-electron chi connectivity index (χ4n) is 3.80. The lowest BCUT2D eigenvalue weighted by molar-refractivity contribution is -0.917. The number of hydrogen-bond acceptors (Lipinski definition) is 3. The van der Waals surface area contributed by atoms with Crippen molar-refractivity contribution in [3.05, 3.63) is 92.9 Å². The van der Waals surface area contributed by atoms with Gasteiger partial charge in [-0.2, -0.15) is 5.10 Å². The summed E-state index contributed by atoms with van der Waals surface area (Å²) in [4.78, 5) is 28.8. The summed E-state index contributed by atoms with van der Waals surface area (Å²) < 4.78 is 1.56. The number of halogens is 1.